The first-order valence-corrected chi connectivity index (χ1v) is 10.7. The Bertz CT molecular complexity index is 1040. The Balaban J connectivity index is 1.73. The molecule has 1 fully saturated rings. The van der Waals surface area contributed by atoms with Crippen LogP contribution in [0.1, 0.15) is 15.9 Å². The predicted molar refractivity (Wildman–Crippen MR) is 104 cm³/mol. The number of morpholine rings is 1. The van der Waals surface area contributed by atoms with Crippen molar-refractivity contribution >= 4 is 21.6 Å². The highest BCUT2D eigenvalue weighted by Gasteiger charge is 2.29. The van der Waals surface area contributed by atoms with E-state index in [-0.39, 0.29) is 35.1 Å². The van der Waals surface area contributed by atoms with Gasteiger partial charge in [0.1, 0.15) is 0 Å². The van der Waals surface area contributed by atoms with E-state index in [1.165, 1.54) is 34.6 Å². The lowest BCUT2D eigenvalue weighted by Crippen LogP contribution is -2.40. The zero-order valence-corrected chi connectivity index (χ0v) is 17.3. The first-order chi connectivity index (χ1) is 14.6. The van der Waals surface area contributed by atoms with Crippen molar-refractivity contribution in [3.63, 3.8) is 0 Å². The molecule has 0 unspecified atom stereocenters. The Morgan fingerprint density at radius 2 is 1.94 bits per heavy atom. The van der Waals surface area contributed by atoms with Crippen LogP contribution in [0.3, 0.4) is 0 Å². The molecule has 12 heteroatoms. The van der Waals surface area contributed by atoms with Gasteiger partial charge in [-0.2, -0.15) is 17.5 Å². The maximum atomic E-state index is 12.9. The summed E-state index contributed by atoms with van der Waals surface area (Å²) in [6, 6.07) is 6.83. The molecule has 1 saturated heterocycles. The highest BCUT2D eigenvalue weighted by molar-refractivity contribution is 7.89. The molecule has 1 aromatic carbocycles. The summed E-state index contributed by atoms with van der Waals surface area (Å²) in [5, 5.41) is 2.53. The lowest BCUT2D eigenvalue weighted by Gasteiger charge is -2.26. The number of alkyl halides is 3. The number of hydrogen-bond acceptors (Lipinski definition) is 6. The number of pyridine rings is 1. The molecule has 2 aromatic rings. The minimum Gasteiger partial charge on any atom is -0.468 e. The Morgan fingerprint density at radius 3 is 2.55 bits per heavy atom. The second-order valence-electron chi connectivity index (χ2n) is 6.74. The fourth-order valence-electron chi connectivity index (χ4n) is 2.84. The second kappa shape index (κ2) is 9.20. The van der Waals surface area contributed by atoms with E-state index in [2.05, 4.69) is 15.0 Å². The highest BCUT2D eigenvalue weighted by atomic mass is 32.2. The lowest BCUT2D eigenvalue weighted by molar-refractivity contribution is -0.154. The van der Waals surface area contributed by atoms with Crippen LogP contribution in [0, 0.1) is 6.92 Å². The number of nitrogens with zero attached hydrogens (tertiary/aromatic N) is 2. The number of aromatic nitrogens is 1. The van der Waals surface area contributed by atoms with Gasteiger partial charge in [-0.3, -0.25) is 4.79 Å². The molecule has 8 nitrogen and oxygen atoms in total. The standard InChI is InChI=1S/C19H20F3N3O5S/c1-13-2-3-14(10-16(13)31(27,28)25-6-8-29-9-7-25)18(26)24-15-4-5-17(23-11-15)30-12-19(20,21)22/h2-5,10-11H,6-9,12H2,1H3,(H,24,26). The maximum Gasteiger partial charge on any atom is 0.422 e. The van der Waals surface area contributed by atoms with Gasteiger partial charge < -0.3 is 14.8 Å². The van der Waals surface area contributed by atoms with Gasteiger partial charge >= 0.3 is 6.18 Å². The monoisotopic (exact) mass is 459 g/mol. The Labute approximate surface area is 177 Å². The number of benzene rings is 1. The van der Waals surface area contributed by atoms with Crippen molar-refractivity contribution < 1.29 is 35.9 Å². The van der Waals surface area contributed by atoms with Crippen molar-refractivity contribution in [3.05, 3.63) is 47.7 Å². The van der Waals surface area contributed by atoms with Gasteiger partial charge in [-0.25, -0.2) is 13.4 Å². The average molecular weight is 459 g/mol. The highest BCUT2D eigenvalue weighted by Crippen LogP contribution is 2.23. The third-order valence-electron chi connectivity index (χ3n) is 4.42. The fourth-order valence-corrected chi connectivity index (χ4v) is 4.50. The van der Waals surface area contributed by atoms with Gasteiger partial charge in [-0.05, 0) is 30.7 Å². The normalized spacial score (nSPS) is 15.5. The summed E-state index contributed by atoms with van der Waals surface area (Å²) in [6.45, 7) is 1.22. The summed E-state index contributed by atoms with van der Waals surface area (Å²) < 4.78 is 73.4. The first-order valence-electron chi connectivity index (χ1n) is 9.22. The number of anilines is 1. The molecule has 0 saturated carbocycles. The number of carbonyl (C=O) groups excluding carboxylic acids is 1. The maximum absolute atomic E-state index is 12.9. The molecule has 31 heavy (non-hydrogen) atoms. The third kappa shape index (κ3) is 5.93. The van der Waals surface area contributed by atoms with Crippen LogP contribution in [0.15, 0.2) is 41.4 Å². The molecule has 1 aliphatic heterocycles. The zero-order valence-electron chi connectivity index (χ0n) is 16.5. The Hall–Kier alpha value is -2.70. The summed E-state index contributed by atoms with van der Waals surface area (Å²) in [7, 11) is -3.79. The smallest absolute Gasteiger partial charge is 0.422 e. The molecular formula is C19H20F3N3O5S. The molecule has 1 N–H and O–H groups in total. The number of sulfonamides is 1. The third-order valence-corrected chi connectivity index (χ3v) is 6.46. The van der Waals surface area contributed by atoms with Gasteiger partial charge in [0.2, 0.25) is 15.9 Å². The molecule has 168 valence electrons. The van der Waals surface area contributed by atoms with Crippen molar-refractivity contribution in [1.82, 2.24) is 9.29 Å². The van der Waals surface area contributed by atoms with E-state index in [0.717, 1.165) is 6.20 Å². The van der Waals surface area contributed by atoms with E-state index >= 15 is 0 Å². The zero-order chi connectivity index (χ0) is 22.6. The van der Waals surface area contributed by atoms with E-state index in [0.29, 0.717) is 18.8 Å². The Morgan fingerprint density at radius 1 is 1.23 bits per heavy atom. The lowest BCUT2D eigenvalue weighted by atomic mass is 10.1. The van der Waals surface area contributed by atoms with Crippen molar-refractivity contribution in [2.75, 3.05) is 38.2 Å². The van der Waals surface area contributed by atoms with Crippen LogP contribution in [-0.2, 0) is 14.8 Å². The van der Waals surface area contributed by atoms with Crippen LogP contribution < -0.4 is 10.1 Å². The average Bonchev–Trinajstić information content (AvgIpc) is 2.73. The summed E-state index contributed by atoms with van der Waals surface area (Å²) in [5.41, 5.74) is 0.813. The number of halogens is 3. The molecule has 0 atom stereocenters. The van der Waals surface area contributed by atoms with Gasteiger partial charge in [0.25, 0.3) is 5.91 Å². The molecule has 0 bridgehead atoms. The number of rotatable bonds is 6. The number of carbonyl (C=O) groups is 1. The number of hydrogen-bond donors (Lipinski definition) is 1. The Kier molecular flexibility index (Phi) is 6.82. The summed E-state index contributed by atoms with van der Waals surface area (Å²) in [4.78, 5) is 16.3. The van der Waals surface area contributed by atoms with Gasteiger partial charge in [-0.1, -0.05) is 6.07 Å². The van der Waals surface area contributed by atoms with E-state index in [4.69, 9.17) is 4.74 Å². The van der Waals surface area contributed by atoms with E-state index in [9.17, 15) is 26.4 Å². The van der Waals surface area contributed by atoms with Crippen LogP contribution >= 0.6 is 0 Å². The second-order valence-corrected chi connectivity index (χ2v) is 8.65. The molecule has 3 rings (SSSR count). The minimum absolute atomic E-state index is 0.0241. The van der Waals surface area contributed by atoms with Gasteiger partial charge in [0.05, 0.1) is 30.0 Å². The van der Waals surface area contributed by atoms with E-state index in [1.54, 1.807) is 6.92 Å². The van der Waals surface area contributed by atoms with Crippen LogP contribution in [0.5, 0.6) is 5.88 Å². The quantitative estimate of drug-likeness (QED) is 0.713. The number of aryl methyl sites for hydroxylation is 1. The SMILES string of the molecule is Cc1ccc(C(=O)Nc2ccc(OCC(F)(F)F)nc2)cc1S(=O)(=O)N1CCOCC1. The van der Waals surface area contributed by atoms with E-state index in [1.807, 2.05) is 0 Å². The first kappa shape index (κ1) is 23.0. The molecule has 0 spiro atoms. The van der Waals surface area contributed by atoms with Gasteiger partial charge in [0, 0.05) is 24.7 Å². The largest absolute Gasteiger partial charge is 0.468 e. The summed E-state index contributed by atoms with van der Waals surface area (Å²) in [6.07, 6.45) is -3.34. The molecule has 1 aliphatic rings. The van der Waals surface area contributed by atoms with Crippen molar-refractivity contribution in [1.29, 1.82) is 0 Å². The number of nitrogens with one attached hydrogen (secondary N) is 1. The fraction of sp³-hybridized carbons (Fsp3) is 0.368. The van der Waals surface area contributed by atoms with Crippen molar-refractivity contribution in [3.8, 4) is 5.88 Å². The van der Waals surface area contributed by atoms with Crippen molar-refractivity contribution in [2.24, 2.45) is 0 Å². The molecule has 1 amide bonds. The van der Waals surface area contributed by atoms with Crippen molar-refractivity contribution in [2.45, 2.75) is 18.0 Å². The van der Waals surface area contributed by atoms with Gasteiger partial charge in [0.15, 0.2) is 6.61 Å². The number of ether oxygens (including phenoxy) is 2. The van der Waals surface area contributed by atoms with Crippen LogP contribution in [0.2, 0.25) is 0 Å². The van der Waals surface area contributed by atoms with Gasteiger partial charge in [-0.15, -0.1) is 0 Å². The summed E-state index contributed by atoms with van der Waals surface area (Å²) in [5.74, 6) is -0.839. The number of amides is 1. The molecular weight excluding hydrogens is 439 g/mol. The molecule has 1 aromatic heterocycles. The molecule has 0 radical (unpaired) electrons. The molecule has 2 heterocycles. The minimum atomic E-state index is -4.49. The van der Waals surface area contributed by atoms with Crippen LogP contribution in [0.25, 0.3) is 0 Å². The van der Waals surface area contributed by atoms with Crippen LogP contribution in [0.4, 0.5) is 18.9 Å². The van der Waals surface area contributed by atoms with Crippen LogP contribution in [-0.4, -0.2) is 62.7 Å². The molecule has 0 aliphatic carbocycles. The van der Waals surface area contributed by atoms with E-state index < -0.39 is 28.7 Å². The topological polar surface area (TPSA) is 97.8 Å². The summed E-state index contributed by atoms with van der Waals surface area (Å²) >= 11 is 0. The predicted octanol–water partition coefficient (Wildman–Crippen LogP) is 2.60.